The molecule has 0 saturated carbocycles. The maximum absolute atomic E-state index is 12.4. The average Bonchev–Trinajstić information content (AvgIpc) is 2.38. The van der Waals surface area contributed by atoms with Crippen molar-refractivity contribution in [2.24, 2.45) is 5.92 Å². The molecule has 4 aliphatic rings. The third-order valence-corrected chi connectivity index (χ3v) is 6.01. The fourth-order valence-electron chi connectivity index (χ4n) is 5.42. The Labute approximate surface area is 116 Å². The second-order valence-corrected chi connectivity index (χ2v) is 7.33. The van der Waals surface area contributed by atoms with E-state index in [0.717, 1.165) is 30.8 Å². The van der Waals surface area contributed by atoms with Gasteiger partial charge in [-0.1, -0.05) is 6.92 Å². The SMILES string of the molecule is C[C@H]1C[C@H]2CCC[C@@H]3N4C(=O)CCC[C@H]4C[C@@H](C1)N23. The summed E-state index contributed by atoms with van der Waals surface area (Å²) in [4.78, 5) is 17.4. The van der Waals surface area contributed by atoms with Gasteiger partial charge in [-0.15, -0.1) is 0 Å². The molecule has 0 radical (unpaired) electrons. The minimum absolute atomic E-state index is 0.443. The fourth-order valence-corrected chi connectivity index (χ4v) is 5.42. The number of amides is 1. The van der Waals surface area contributed by atoms with Gasteiger partial charge in [0.1, 0.15) is 0 Å². The van der Waals surface area contributed by atoms with Crippen molar-refractivity contribution in [1.29, 1.82) is 0 Å². The molecule has 0 aromatic carbocycles. The summed E-state index contributed by atoms with van der Waals surface area (Å²) in [6.07, 6.45) is 11.5. The highest BCUT2D eigenvalue weighted by molar-refractivity contribution is 5.77. The summed E-state index contributed by atoms with van der Waals surface area (Å²) in [5.41, 5.74) is 0. The summed E-state index contributed by atoms with van der Waals surface area (Å²) in [5.74, 6) is 1.33. The second kappa shape index (κ2) is 4.47. The number of fused-ring (bicyclic) bond motifs is 2. The molecule has 4 fully saturated rings. The summed E-state index contributed by atoms with van der Waals surface area (Å²) in [6, 6.07) is 2.10. The highest BCUT2D eigenvalue weighted by Crippen LogP contribution is 2.44. The highest BCUT2D eigenvalue weighted by Gasteiger charge is 2.50. The minimum Gasteiger partial charge on any atom is -0.324 e. The first-order valence-corrected chi connectivity index (χ1v) is 8.32. The van der Waals surface area contributed by atoms with Gasteiger partial charge in [0, 0.05) is 24.5 Å². The molecule has 0 spiro atoms. The van der Waals surface area contributed by atoms with E-state index in [2.05, 4.69) is 16.7 Å². The van der Waals surface area contributed by atoms with Crippen LogP contribution in [-0.4, -0.2) is 40.0 Å². The predicted octanol–water partition coefficient (Wildman–Crippen LogP) is 2.75. The van der Waals surface area contributed by atoms with Gasteiger partial charge < -0.3 is 4.90 Å². The van der Waals surface area contributed by atoms with E-state index >= 15 is 0 Å². The largest absolute Gasteiger partial charge is 0.324 e. The van der Waals surface area contributed by atoms with Crippen LogP contribution in [0.25, 0.3) is 0 Å². The molecule has 0 aromatic heterocycles. The van der Waals surface area contributed by atoms with Crippen molar-refractivity contribution in [3.8, 4) is 0 Å². The number of carbonyl (C=O) groups excluding carboxylic acids is 1. The van der Waals surface area contributed by atoms with E-state index in [1.165, 1.54) is 44.9 Å². The van der Waals surface area contributed by atoms with Gasteiger partial charge in [-0.2, -0.15) is 0 Å². The summed E-state index contributed by atoms with van der Waals surface area (Å²) in [5, 5.41) is 0. The Hall–Kier alpha value is -0.570. The van der Waals surface area contributed by atoms with Crippen LogP contribution in [0.1, 0.15) is 64.7 Å². The van der Waals surface area contributed by atoms with Crippen LogP contribution < -0.4 is 0 Å². The van der Waals surface area contributed by atoms with Crippen LogP contribution in [0.2, 0.25) is 0 Å². The van der Waals surface area contributed by atoms with Gasteiger partial charge in [0.05, 0.1) is 6.17 Å². The summed E-state index contributed by atoms with van der Waals surface area (Å²) in [6.45, 7) is 2.43. The number of piperidine rings is 3. The number of hydrogen-bond acceptors (Lipinski definition) is 2. The Morgan fingerprint density at radius 1 is 0.947 bits per heavy atom. The fraction of sp³-hybridized carbons (Fsp3) is 0.938. The Balaban J connectivity index is 1.66. The normalized spacial score (nSPS) is 46.7. The lowest BCUT2D eigenvalue weighted by Gasteiger charge is -2.60. The maximum Gasteiger partial charge on any atom is 0.224 e. The van der Waals surface area contributed by atoms with Crippen LogP contribution in [0, 0.1) is 5.92 Å². The maximum atomic E-state index is 12.4. The standard InChI is InChI=1S/C16H26N2O/c1-11-8-12-4-2-6-15-17(12)14(9-11)10-13-5-3-7-16(19)18(13)15/h11-15H,2-10H2,1H3/t11-,12+,13-,14+,15-/m0/s1. The van der Waals surface area contributed by atoms with Gasteiger partial charge in [0.2, 0.25) is 5.91 Å². The summed E-state index contributed by atoms with van der Waals surface area (Å²) >= 11 is 0. The van der Waals surface area contributed by atoms with E-state index in [1.54, 1.807) is 0 Å². The molecule has 0 aromatic rings. The lowest BCUT2D eigenvalue weighted by molar-refractivity contribution is -0.171. The molecule has 4 saturated heterocycles. The molecule has 4 rings (SSSR count). The molecule has 3 nitrogen and oxygen atoms in total. The molecular weight excluding hydrogens is 236 g/mol. The Bertz CT molecular complexity index is 383. The molecule has 106 valence electrons. The van der Waals surface area contributed by atoms with Gasteiger partial charge in [0.25, 0.3) is 0 Å². The van der Waals surface area contributed by atoms with E-state index in [-0.39, 0.29) is 0 Å². The molecule has 3 heteroatoms. The van der Waals surface area contributed by atoms with Crippen molar-refractivity contribution in [3.05, 3.63) is 0 Å². The van der Waals surface area contributed by atoms with Gasteiger partial charge in [-0.3, -0.25) is 9.69 Å². The molecule has 0 aliphatic carbocycles. The van der Waals surface area contributed by atoms with E-state index in [4.69, 9.17) is 0 Å². The molecule has 4 aliphatic heterocycles. The van der Waals surface area contributed by atoms with Crippen LogP contribution in [0.4, 0.5) is 0 Å². The first kappa shape index (κ1) is 12.2. The smallest absolute Gasteiger partial charge is 0.224 e. The summed E-state index contributed by atoms with van der Waals surface area (Å²) < 4.78 is 0. The first-order valence-electron chi connectivity index (χ1n) is 8.32. The van der Waals surface area contributed by atoms with Gasteiger partial charge >= 0.3 is 0 Å². The number of hydrogen-bond donors (Lipinski definition) is 0. The second-order valence-electron chi connectivity index (χ2n) is 7.33. The van der Waals surface area contributed by atoms with Crippen LogP contribution in [0.3, 0.4) is 0 Å². The van der Waals surface area contributed by atoms with Crippen molar-refractivity contribution in [3.63, 3.8) is 0 Å². The van der Waals surface area contributed by atoms with E-state index < -0.39 is 0 Å². The zero-order chi connectivity index (χ0) is 13.0. The predicted molar refractivity (Wildman–Crippen MR) is 74.6 cm³/mol. The van der Waals surface area contributed by atoms with Gasteiger partial charge in [0.15, 0.2) is 0 Å². The van der Waals surface area contributed by atoms with Crippen LogP contribution in [-0.2, 0) is 4.79 Å². The molecule has 5 atom stereocenters. The molecular formula is C16H26N2O. The van der Waals surface area contributed by atoms with Crippen LogP contribution in [0.15, 0.2) is 0 Å². The monoisotopic (exact) mass is 262 g/mol. The van der Waals surface area contributed by atoms with Crippen molar-refractivity contribution < 1.29 is 4.79 Å². The summed E-state index contributed by atoms with van der Waals surface area (Å²) in [7, 11) is 0. The first-order chi connectivity index (χ1) is 9.24. The molecule has 19 heavy (non-hydrogen) atoms. The van der Waals surface area contributed by atoms with Crippen molar-refractivity contribution in [2.45, 2.75) is 89.0 Å². The average molecular weight is 262 g/mol. The third kappa shape index (κ3) is 1.84. The topological polar surface area (TPSA) is 23.6 Å². The Morgan fingerprint density at radius 2 is 1.74 bits per heavy atom. The molecule has 4 heterocycles. The lowest BCUT2D eigenvalue weighted by atomic mass is 9.76. The minimum atomic E-state index is 0.443. The lowest BCUT2D eigenvalue weighted by Crippen LogP contribution is -2.69. The van der Waals surface area contributed by atoms with Crippen molar-refractivity contribution in [2.75, 3.05) is 0 Å². The molecule has 0 unspecified atom stereocenters. The molecule has 0 N–H and O–H groups in total. The van der Waals surface area contributed by atoms with Gasteiger partial charge in [-0.05, 0) is 57.3 Å². The van der Waals surface area contributed by atoms with Crippen LogP contribution in [0.5, 0.6) is 0 Å². The number of rotatable bonds is 0. The Morgan fingerprint density at radius 3 is 2.63 bits per heavy atom. The van der Waals surface area contributed by atoms with Crippen molar-refractivity contribution in [1.82, 2.24) is 9.80 Å². The quantitative estimate of drug-likeness (QED) is 0.670. The third-order valence-electron chi connectivity index (χ3n) is 6.01. The van der Waals surface area contributed by atoms with Crippen molar-refractivity contribution >= 4 is 5.91 Å². The van der Waals surface area contributed by atoms with E-state index in [9.17, 15) is 4.79 Å². The zero-order valence-corrected chi connectivity index (χ0v) is 12.1. The van der Waals surface area contributed by atoms with Crippen LogP contribution >= 0.6 is 0 Å². The molecule has 1 amide bonds. The number of carbonyl (C=O) groups is 1. The van der Waals surface area contributed by atoms with E-state index in [1.807, 2.05) is 0 Å². The Kier molecular flexibility index (Phi) is 2.87. The zero-order valence-electron chi connectivity index (χ0n) is 12.1. The highest BCUT2D eigenvalue weighted by atomic mass is 16.2. The number of nitrogens with zero attached hydrogens (tertiary/aromatic N) is 2. The van der Waals surface area contributed by atoms with Gasteiger partial charge in [-0.25, -0.2) is 0 Å². The molecule has 0 bridgehead atoms. The van der Waals surface area contributed by atoms with E-state index in [0.29, 0.717) is 18.1 Å².